The monoisotopic (exact) mass is 299 g/mol. The Labute approximate surface area is 127 Å². The Morgan fingerprint density at radius 3 is 3.00 bits per heavy atom. The van der Waals surface area contributed by atoms with Crippen molar-refractivity contribution in [1.29, 1.82) is 0 Å². The Hall–Kier alpha value is -2.70. The van der Waals surface area contributed by atoms with Crippen LogP contribution < -0.4 is 10.2 Å². The molecule has 2 aromatic rings. The minimum atomic E-state index is -0.0969. The molecule has 3 rings (SSSR count). The van der Waals surface area contributed by atoms with E-state index in [1.54, 1.807) is 15.9 Å². The molecule has 2 heterocycles. The van der Waals surface area contributed by atoms with Crippen LogP contribution in [0.1, 0.15) is 19.3 Å². The minimum Gasteiger partial charge on any atom is -0.326 e. The molecule has 0 atom stereocenters. The third-order valence-electron chi connectivity index (χ3n) is 3.55. The van der Waals surface area contributed by atoms with Crippen LogP contribution in [0.5, 0.6) is 0 Å². The Morgan fingerprint density at radius 1 is 1.36 bits per heavy atom. The van der Waals surface area contributed by atoms with E-state index in [1.807, 2.05) is 24.3 Å². The van der Waals surface area contributed by atoms with Crippen LogP contribution in [0.25, 0.3) is 0 Å². The lowest BCUT2D eigenvalue weighted by atomic mass is 10.2. The van der Waals surface area contributed by atoms with Gasteiger partial charge in [0.2, 0.25) is 11.8 Å². The number of aromatic nitrogens is 3. The largest absolute Gasteiger partial charge is 0.326 e. The summed E-state index contributed by atoms with van der Waals surface area (Å²) >= 11 is 0. The average Bonchev–Trinajstić information content (AvgIpc) is 3.16. The van der Waals surface area contributed by atoms with Crippen LogP contribution in [0, 0.1) is 0 Å². The van der Waals surface area contributed by atoms with E-state index in [0.29, 0.717) is 25.1 Å². The number of hydrogen-bond donors (Lipinski definition) is 1. The third-order valence-corrected chi connectivity index (χ3v) is 3.55. The van der Waals surface area contributed by atoms with Crippen molar-refractivity contribution in [3.63, 3.8) is 0 Å². The standard InChI is InChI=1S/C15H17N5O2/c21-14(6-8-19-11-16-10-17-19)18-12-3-1-4-13(9-12)20-7-2-5-15(20)22/h1,3-4,9-11H,2,5-8H2,(H,18,21). The van der Waals surface area contributed by atoms with Crippen molar-refractivity contribution >= 4 is 23.2 Å². The summed E-state index contributed by atoms with van der Waals surface area (Å²) in [4.78, 5) is 29.3. The quantitative estimate of drug-likeness (QED) is 0.905. The zero-order valence-corrected chi connectivity index (χ0v) is 12.1. The molecule has 0 spiro atoms. The van der Waals surface area contributed by atoms with E-state index in [2.05, 4.69) is 15.4 Å². The fourth-order valence-electron chi connectivity index (χ4n) is 2.46. The predicted octanol–water partition coefficient (Wildman–Crippen LogP) is 1.43. The Morgan fingerprint density at radius 2 is 2.27 bits per heavy atom. The van der Waals surface area contributed by atoms with Crippen molar-refractivity contribution in [2.75, 3.05) is 16.8 Å². The summed E-state index contributed by atoms with van der Waals surface area (Å²) < 4.78 is 1.61. The summed E-state index contributed by atoms with van der Waals surface area (Å²) in [6.45, 7) is 1.22. The number of hydrogen-bond acceptors (Lipinski definition) is 4. The zero-order valence-electron chi connectivity index (χ0n) is 12.1. The average molecular weight is 299 g/mol. The molecule has 0 radical (unpaired) electrons. The van der Waals surface area contributed by atoms with Gasteiger partial charge in [-0.1, -0.05) is 6.07 Å². The fourth-order valence-corrected chi connectivity index (χ4v) is 2.46. The molecule has 0 bridgehead atoms. The molecule has 0 saturated carbocycles. The molecule has 0 aliphatic carbocycles. The van der Waals surface area contributed by atoms with Crippen LogP contribution in [0.2, 0.25) is 0 Å². The molecule has 1 aromatic carbocycles. The minimum absolute atomic E-state index is 0.0969. The first kappa shape index (κ1) is 14.2. The molecular weight excluding hydrogens is 282 g/mol. The molecule has 22 heavy (non-hydrogen) atoms. The van der Waals surface area contributed by atoms with Crippen LogP contribution in [-0.4, -0.2) is 33.1 Å². The maximum absolute atomic E-state index is 12.0. The lowest BCUT2D eigenvalue weighted by molar-refractivity contribution is -0.117. The lowest BCUT2D eigenvalue weighted by Gasteiger charge is -2.16. The van der Waals surface area contributed by atoms with Crippen LogP contribution in [0.4, 0.5) is 11.4 Å². The normalized spacial score (nSPS) is 14.4. The first-order valence-electron chi connectivity index (χ1n) is 7.25. The number of nitrogens with zero attached hydrogens (tertiary/aromatic N) is 4. The highest BCUT2D eigenvalue weighted by Gasteiger charge is 2.21. The molecule has 114 valence electrons. The van der Waals surface area contributed by atoms with Crippen molar-refractivity contribution in [2.45, 2.75) is 25.8 Å². The predicted molar refractivity (Wildman–Crippen MR) is 81.3 cm³/mol. The Bertz CT molecular complexity index is 668. The smallest absolute Gasteiger partial charge is 0.227 e. The van der Waals surface area contributed by atoms with Gasteiger partial charge in [-0.2, -0.15) is 5.10 Å². The van der Waals surface area contributed by atoms with Gasteiger partial charge in [0.15, 0.2) is 0 Å². The summed E-state index contributed by atoms with van der Waals surface area (Å²) in [6, 6.07) is 7.37. The van der Waals surface area contributed by atoms with E-state index < -0.39 is 0 Å². The van der Waals surface area contributed by atoms with Crippen molar-refractivity contribution in [2.24, 2.45) is 0 Å². The highest BCUT2D eigenvalue weighted by molar-refractivity contribution is 5.97. The van der Waals surface area contributed by atoms with Crippen LogP contribution in [0.15, 0.2) is 36.9 Å². The first-order valence-corrected chi connectivity index (χ1v) is 7.25. The van der Waals surface area contributed by atoms with Crippen molar-refractivity contribution in [3.8, 4) is 0 Å². The SMILES string of the molecule is O=C(CCn1cncn1)Nc1cccc(N2CCCC2=O)c1. The number of carbonyl (C=O) groups excluding carboxylic acids is 2. The van der Waals surface area contributed by atoms with Gasteiger partial charge in [-0.05, 0) is 24.6 Å². The summed E-state index contributed by atoms with van der Waals surface area (Å²) in [5.74, 6) is 0.0371. The van der Waals surface area contributed by atoms with Crippen molar-refractivity contribution in [3.05, 3.63) is 36.9 Å². The summed E-state index contributed by atoms with van der Waals surface area (Å²) in [6.07, 6.45) is 4.80. The molecule has 7 nitrogen and oxygen atoms in total. The first-order chi connectivity index (χ1) is 10.7. The van der Waals surface area contributed by atoms with E-state index in [-0.39, 0.29) is 11.8 Å². The fraction of sp³-hybridized carbons (Fsp3) is 0.333. The summed E-state index contributed by atoms with van der Waals surface area (Å²) in [5.41, 5.74) is 1.53. The number of aryl methyl sites for hydroxylation is 1. The van der Waals surface area contributed by atoms with Gasteiger partial charge < -0.3 is 10.2 Å². The summed E-state index contributed by atoms with van der Waals surface area (Å²) in [5, 5.41) is 6.80. The van der Waals surface area contributed by atoms with Gasteiger partial charge in [-0.25, -0.2) is 4.98 Å². The van der Waals surface area contributed by atoms with Gasteiger partial charge in [0.25, 0.3) is 0 Å². The van der Waals surface area contributed by atoms with Gasteiger partial charge in [-0.3, -0.25) is 14.3 Å². The second kappa shape index (κ2) is 6.38. The van der Waals surface area contributed by atoms with Gasteiger partial charge in [0.05, 0.1) is 6.54 Å². The molecule has 1 saturated heterocycles. The topological polar surface area (TPSA) is 80.1 Å². The molecule has 0 unspecified atom stereocenters. The summed E-state index contributed by atoms with van der Waals surface area (Å²) in [7, 11) is 0. The van der Waals surface area contributed by atoms with E-state index >= 15 is 0 Å². The molecule has 1 aliphatic heterocycles. The third kappa shape index (κ3) is 3.30. The van der Waals surface area contributed by atoms with E-state index in [0.717, 1.165) is 18.7 Å². The second-order valence-electron chi connectivity index (χ2n) is 5.16. The molecule has 7 heteroatoms. The van der Waals surface area contributed by atoms with Gasteiger partial charge in [-0.15, -0.1) is 0 Å². The van der Waals surface area contributed by atoms with Gasteiger partial charge in [0.1, 0.15) is 12.7 Å². The number of carbonyl (C=O) groups is 2. The zero-order chi connectivity index (χ0) is 15.4. The lowest BCUT2D eigenvalue weighted by Crippen LogP contribution is -2.23. The molecule has 2 amide bonds. The van der Waals surface area contributed by atoms with Gasteiger partial charge in [0, 0.05) is 30.8 Å². The van der Waals surface area contributed by atoms with Crippen LogP contribution in [-0.2, 0) is 16.1 Å². The van der Waals surface area contributed by atoms with Gasteiger partial charge >= 0.3 is 0 Å². The molecule has 1 fully saturated rings. The number of anilines is 2. The Balaban J connectivity index is 1.60. The maximum atomic E-state index is 12.0. The highest BCUT2D eigenvalue weighted by atomic mass is 16.2. The molecule has 1 N–H and O–H groups in total. The van der Waals surface area contributed by atoms with Crippen molar-refractivity contribution in [1.82, 2.24) is 14.8 Å². The van der Waals surface area contributed by atoms with E-state index in [9.17, 15) is 9.59 Å². The number of rotatable bonds is 5. The van der Waals surface area contributed by atoms with Crippen LogP contribution in [0.3, 0.4) is 0 Å². The molecule has 1 aliphatic rings. The highest BCUT2D eigenvalue weighted by Crippen LogP contribution is 2.24. The second-order valence-corrected chi connectivity index (χ2v) is 5.16. The van der Waals surface area contributed by atoms with Crippen LogP contribution >= 0.6 is 0 Å². The van der Waals surface area contributed by atoms with Crippen molar-refractivity contribution < 1.29 is 9.59 Å². The Kier molecular flexibility index (Phi) is 4.13. The number of nitrogens with one attached hydrogen (secondary N) is 1. The van der Waals surface area contributed by atoms with E-state index in [1.165, 1.54) is 6.33 Å². The molecule has 1 aromatic heterocycles. The maximum Gasteiger partial charge on any atom is 0.227 e. The molecular formula is C15H17N5O2. The van der Waals surface area contributed by atoms with E-state index in [4.69, 9.17) is 0 Å². The number of amides is 2. The number of benzene rings is 1.